The molecule has 1 heterocycles. The van der Waals surface area contributed by atoms with E-state index in [1.165, 1.54) is 31.2 Å². The molecule has 2 aliphatic rings. The summed E-state index contributed by atoms with van der Waals surface area (Å²) < 4.78 is 0. The van der Waals surface area contributed by atoms with Crippen LogP contribution >= 0.6 is 0 Å². The van der Waals surface area contributed by atoms with Crippen molar-refractivity contribution in [3.05, 3.63) is 35.4 Å². The van der Waals surface area contributed by atoms with Crippen molar-refractivity contribution in [2.45, 2.75) is 51.4 Å². The summed E-state index contributed by atoms with van der Waals surface area (Å²) in [6.45, 7) is 1.80. The van der Waals surface area contributed by atoms with Gasteiger partial charge in [0, 0.05) is 25.1 Å². The molecule has 0 bridgehead atoms. The molecule has 0 radical (unpaired) electrons. The van der Waals surface area contributed by atoms with Crippen molar-refractivity contribution in [2.75, 3.05) is 13.1 Å². The number of carbonyl (C=O) groups excluding carboxylic acids is 2. The van der Waals surface area contributed by atoms with Crippen LogP contribution in [0.25, 0.3) is 0 Å². The first-order valence-corrected chi connectivity index (χ1v) is 9.28. The van der Waals surface area contributed by atoms with Gasteiger partial charge < -0.3 is 10.6 Å². The van der Waals surface area contributed by atoms with Gasteiger partial charge in [-0.2, -0.15) is 0 Å². The van der Waals surface area contributed by atoms with Gasteiger partial charge in [-0.3, -0.25) is 9.59 Å². The number of primary amides is 1. The molecule has 1 aromatic carbocycles. The Morgan fingerprint density at radius 2 is 1.58 bits per heavy atom. The Kier molecular flexibility index (Phi) is 5.54. The molecule has 1 aliphatic heterocycles. The number of amides is 2. The summed E-state index contributed by atoms with van der Waals surface area (Å²) in [4.78, 5) is 25.6. The van der Waals surface area contributed by atoms with E-state index in [1.807, 2.05) is 12.1 Å². The smallest absolute Gasteiger partial charge is 0.248 e. The maximum Gasteiger partial charge on any atom is 0.248 e. The summed E-state index contributed by atoms with van der Waals surface area (Å²) in [6.07, 6.45) is 9.01. The predicted molar refractivity (Wildman–Crippen MR) is 94.5 cm³/mol. The van der Waals surface area contributed by atoms with Crippen LogP contribution in [0.2, 0.25) is 0 Å². The largest absolute Gasteiger partial charge is 0.366 e. The highest BCUT2D eigenvalue weighted by molar-refractivity contribution is 5.92. The van der Waals surface area contributed by atoms with Gasteiger partial charge in [-0.15, -0.1) is 0 Å². The molecule has 1 aliphatic carbocycles. The second-order valence-electron chi connectivity index (χ2n) is 7.44. The number of nitrogens with two attached hydrogens (primary N) is 1. The molecule has 2 amide bonds. The maximum atomic E-state index is 12.4. The molecule has 4 heteroatoms. The van der Waals surface area contributed by atoms with Gasteiger partial charge in [-0.25, -0.2) is 0 Å². The third-order valence-corrected chi connectivity index (χ3v) is 5.67. The Labute approximate surface area is 144 Å². The molecule has 1 saturated carbocycles. The summed E-state index contributed by atoms with van der Waals surface area (Å²) in [5, 5.41) is 0. The first-order chi connectivity index (χ1) is 11.6. The monoisotopic (exact) mass is 328 g/mol. The van der Waals surface area contributed by atoms with Crippen LogP contribution in [0.1, 0.15) is 60.9 Å². The lowest BCUT2D eigenvalue weighted by Crippen LogP contribution is -2.39. The highest BCUT2D eigenvalue weighted by atomic mass is 16.2. The van der Waals surface area contributed by atoms with Gasteiger partial charge in [-0.05, 0) is 61.6 Å². The summed E-state index contributed by atoms with van der Waals surface area (Å²) in [6, 6.07) is 7.60. The molecule has 0 unspecified atom stereocenters. The van der Waals surface area contributed by atoms with Crippen LogP contribution in [-0.4, -0.2) is 29.8 Å². The van der Waals surface area contributed by atoms with Crippen molar-refractivity contribution < 1.29 is 9.59 Å². The fourth-order valence-corrected chi connectivity index (χ4v) is 4.12. The first-order valence-electron chi connectivity index (χ1n) is 9.28. The highest BCUT2D eigenvalue weighted by Gasteiger charge is 2.26. The van der Waals surface area contributed by atoms with Crippen LogP contribution in [0.15, 0.2) is 24.3 Å². The zero-order valence-electron chi connectivity index (χ0n) is 14.4. The van der Waals surface area contributed by atoms with E-state index in [9.17, 15) is 9.59 Å². The fourth-order valence-electron chi connectivity index (χ4n) is 4.12. The summed E-state index contributed by atoms with van der Waals surface area (Å²) in [5.74, 6) is 1.25. The highest BCUT2D eigenvalue weighted by Crippen LogP contribution is 2.29. The number of nitrogens with zero attached hydrogens (tertiary/aromatic N) is 1. The lowest BCUT2D eigenvalue weighted by atomic mass is 9.89. The Balaban J connectivity index is 1.44. The lowest BCUT2D eigenvalue weighted by molar-refractivity contribution is -0.133. The summed E-state index contributed by atoms with van der Waals surface area (Å²) in [5.41, 5.74) is 7.08. The normalized spacial score (nSPS) is 19.6. The van der Waals surface area contributed by atoms with Crippen LogP contribution in [0.5, 0.6) is 0 Å². The van der Waals surface area contributed by atoms with E-state index >= 15 is 0 Å². The zero-order chi connectivity index (χ0) is 16.9. The minimum Gasteiger partial charge on any atom is -0.366 e. The third kappa shape index (κ3) is 4.37. The Hall–Kier alpha value is -1.84. The molecule has 3 rings (SSSR count). The van der Waals surface area contributed by atoms with Crippen LogP contribution in [0.3, 0.4) is 0 Å². The Morgan fingerprint density at radius 1 is 0.958 bits per heavy atom. The van der Waals surface area contributed by atoms with E-state index < -0.39 is 0 Å². The number of rotatable bonds is 5. The molecule has 0 atom stereocenters. The fraction of sp³-hybridized carbons (Fsp3) is 0.600. The van der Waals surface area contributed by atoms with E-state index in [0.29, 0.717) is 23.3 Å². The van der Waals surface area contributed by atoms with Gasteiger partial charge in [0.25, 0.3) is 0 Å². The van der Waals surface area contributed by atoms with E-state index in [2.05, 4.69) is 4.90 Å². The van der Waals surface area contributed by atoms with Crippen molar-refractivity contribution in [3.63, 3.8) is 0 Å². The molecule has 1 saturated heterocycles. The molecule has 2 fully saturated rings. The quantitative estimate of drug-likeness (QED) is 0.902. The minimum absolute atomic E-state index is 0.367. The van der Waals surface area contributed by atoms with Gasteiger partial charge in [0.1, 0.15) is 0 Å². The van der Waals surface area contributed by atoms with Crippen molar-refractivity contribution in [3.8, 4) is 0 Å². The van der Waals surface area contributed by atoms with E-state index in [0.717, 1.165) is 38.8 Å². The van der Waals surface area contributed by atoms with Gasteiger partial charge >= 0.3 is 0 Å². The molecule has 4 nitrogen and oxygen atoms in total. The second-order valence-corrected chi connectivity index (χ2v) is 7.44. The zero-order valence-corrected chi connectivity index (χ0v) is 14.4. The number of hydrogen-bond acceptors (Lipinski definition) is 2. The number of likely N-dealkylation sites (tertiary alicyclic amines) is 1. The van der Waals surface area contributed by atoms with Crippen LogP contribution in [-0.2, 0) is 11.2 Å². The number of hydrogen-bond donors (Lipinski definition) is 1. The second kappa shape index (κ2) is 7.82. The summed E-state index contributed by atoms with van der Waals surface area (Å²) >= 11 is 0. The molecule has 1 aromatic rings. The van der Waals surface area contributed by atoms with Gasteiger partial charge in [0.15, 0.2) is 0 Å². The van der Waals surface area contributed by atoms with Crippen molar-refractivity contribution in [1.29, 1.82) is 0 Å². The molecular formula is C20H28N2O2. The topological polar surface area (TPSA) is 63.4 Å². The third-order valence-electron chi connectivity index (χ3n) is 5.67. The number of benzene rings is 1. The average Bonchev–Trinajstić information content (AvgIpc) is 3.09. The number of carbonyl (C=O) groups is 2. The minimum atomic E-state index is -0.379. The van der Waals surface area contributed by atoms with Gasteiger partial charge in [0.2, 0.25) is 11.8 Å². The molecule has 0 aromatic heterocycles. The standard InChI is InChI=1S/C20H28N2O2/c21-20(24)18-7-5-16(6-8-18)13-17-9-11-22(12-10-17)19(23)14-15-3-1-2-4-15/h5-8,15,17H,1-4,9-14H2,(H2,21,24). The van der Waals surface area contributed by atoms with Crippen molar-refractivity contribution in [2.24, 2.45) is 17.6 Å². The Bertz CT molecular complexity index is 568. The van der Waals surface area contributed by atoms with Gasteiger partial charge in [-0.1, -0.05) is 25.0 Å². The van der Waals surface area contributed by atoms with Crippen LogP contribution in [0, 0.1) is 11.8 Å². The van der Waals surface area contributed by atoms with Gasteiger partial charge in [0.05, 0.1) is 0 Å². The predicted octanol–water partition coefficient (Wildman–Crippen LogP) is 3.15. The SMILES string of the molecule is NC(=O)c1ccc(CC2CCN(C(=O)CC3CCCC3)CC2)cc1. The van der Waals surface area contributed by atoms with E-state index in [1.54, 1.807) is 12.1 Å². The van der Waals surface area contributed by atoms with Crippen molar-refractivity contribution >= 4 is 11.8 Å². The first kappa shape index (κ1) is 17.0. The molecule has 0 spiro atoms. The van der Waals surface area contributed by atoms with Crippen LogP contribution < -0.4 is 5.73 Å². The van der Waals surface area contributed by atoms with E-state index in [4.69, 9.17) is 5.73 Å². The van der Waals surface area contributed by atoms with Crippen molar-refractivity contribution in [1.82, 2.24) is 4.90 Å². The molecular weight excluding hydrogens is 300 g/mol. The lowest BCUT2D eigenvalue weighted by Gasteiger charge is -2.32. The van der Waals surface area contributed by atoms with E-state index in [-0.39, 0.29) is 5.91 Å². The average molecular weight is 328 g/mol. The summed E-state index contributed by atoms with van der Waals surface area (Å²) in [7, 11) is 0. The molecule has 24 heavy (non-hydrogen) atoms. The maximum absolute atomic E-state index is 12.4. The Morgan fingerprint density at radius 3 is 2.17 bits per heavy atom. The molecule has 130 valence electrons. The molecule has 2 N–H and O–H groups in total. The number of piperidine rings is 1. The van der Waals surface area contributed by atoms with Crippen LogP contribution in [0.4, 0.5) is 0 Å².